The van der Waals surface area contributed by atoms with Crippen molar-refractivity contribution < 1.29 is 13.9 Å². The largest absolute Gasteiger partial charge is 0.619 e. The average molecular weight is 229 g/mol. The van der Waals surface area contributed by atoms with Crippen molar-refractivity contribution in [2.45, 2.75) is 6.92 Å². The van der Waals surface area contributed by atoms with Crippen molar-refractivity contribution in [1.29, 1.82) is 0 Å². The molecule has 0 bridgehead atoms. The van der Waals surface area contributed by atoms with Gasteiger partial charge in [-0.15, -0.1) is 0 Å². The third-order valence-electron chi connectivity index (χ3n) is 2.25. The fourth-order valence-electron chi connectivity index (χ4n) is 1.37. The lowest BCUT2D eigenvalue weighted by molar-refractivity contribution is -0.605. The Hall–Kier alpha value is -2.36. The maximum atomic E-state index is 11.7. The summed E-state index contributed by atoms with van der Waals surface area (Å²) in [5, 5.41) is 10.8. The molecule has 0 saturated carbocycles. The Morgan fingerprint density at radius 3 is 2.59 bits per heavy atom. The van der Waals surface area contributed by atoms with Gasteiger partial charge < -0.3 is 9.62 Å². The van der Waals surface area contributed by atoms with E-state index in [4.69, 9.17) is 4.42 Å². The third kappa shape index (κ3) is 2.81. The minimum Gasteiger partial charge on any atom is -0.619 e. The van der Waals surface area contributed by atoms with E-state index in [1.54, 1.807) is 12.1 Å². The first-order valence-electron chi connectivity index (χ1n) is 5.13. The summed E-state index contributed by atoms with van der Waals surface area (Å²) in [6, 6.07) is 6.57. The van der Waals surface area contributed by atoms with Gasteiger partial charge in [0.2, 0.25) is 0 Å². The van der Waals surface area contributed by atoms with Gasteiger partial charge in [-0.1, -0.05) is 0 Å². The molecule has 0 aliphatic carbocycles. The molecule has 2 heterocycles. The standard InChI is InChI=1S/C13H11NO3/c1-10-2-3-12(17-10)4-5-13(15)11-6-8-14(16)9-7-11/h2-9H,1H3. The molecule has 2 rings (SSSR count). The minimum atomic E-state index is -0.167. The number of nitrogens with zero attached hydrogens (tertiary/aromatic N) is 1. The third-order valence-corrected chi connectivity index (χ3v) is 2.25. The SMILES string of the molecule is Cc1ccc(C=CC(=O)c2cc[n+]([O-])cc2)o1. The second-order valence-electron chi connectivity index (χ2n) is 3.59. The van der Waals surface area contributed by atoms with Crippen LogP contribution in [-0.4, -0.2) is 5.78 Å². The van der Waals surface area contributed by atoms with Gasteiger partial charge in [-0.3, -0.25) is 4.79 Å². The molecule has 0 fully saturated rings. The summed E-state index contributed by atoms with van der Waals surface area (Å²) >= 11 is 0. The Labute approximate surface area is 98.4 Å². The quantitative estimate of drug-likeness (QED) is 0.350. The number of pyridine rings is 1. The van der Waals surface area contributed by atoms with E-state index in [0.29, 0.717) is 16.1 Å². The second-order valence-corrected chi connectivity index (χ2v) is 3.59. The summed E-state index contributed by atoms with van der Waals surface area (Å²) in [4.78, 5) is 11.7. The van der Waals surface area contributed by atoms with E-state index >= 15 is 0 Å². The molecule has 0 amide bonds. The van der Waals surface area contributed by atoms with Gasteiger partial charge in [-0.05, 0) is 31.2 Å². The van der Waals surface area contributed by atoms with Crippen LogP contribution in [0.2, 0.25) is 0 Å². The number of rotatable bonds is 3. The monoisotopic (exact) mass is 229 g/mol. The van der Waals surface area contributed by atoms with Crippen LogP contribution in [0.1, 0.15) is 21.9 Å². The van der Waals surface area contributed by atoms with E-state index in [0.717, 1.165) is 5.76 Å². The number of hydrogen-bond acceptors (Lipinski definition) is 3. The maximum Gasteiger partial charge on any atom is 0.186 e. The molecule has 17 heavy (non-hydrogen) atoms. The lowest BCUT2D eigenvalue weighted by atomic mass is 10.1. The zero-order valence-electron chi connectivity index (χ0n) is 9.29. The van der Waals surface area contributed by atoms with Crippen molar-refractivity contribution in [3.63, 3.8) is 0 Å². The van der Waals surface area contributed by atoms with Crippen molar-refractivity contribution in [3.05, 3.63) is 65.0 Å². The van der Waals surface area contributed by atoms with E-state index in [2.05, 4.69) is 0 Å². The molecule has 2 aromatic heterocycles. The van der Waals surface area contributed by atoms with E-state index in [-0.39, 0.29) is 5.78 Å². The van der Waals surface area contributed by atoms with Crippen molar-refractivity contribution in [2.75, 3.05) is 0 Å². The first-order valence-corrected chi connectivity index (χ1v) is 5.13. The second kappa shape index (κ2) is 4.65. The van der Waals surface area contributed by atoms with E-state index < -0.39 is 0 Å². The number of furan rings is 1. The smallest absolute Gasteiger partial charge is 0.186 e. The molecule has 4 nitrogen and oxygen atoms in total. The molecule has 0 spiro atoms. The van der Waals surface area contributed by atoms with Gasteiger partial charge in [0.05, 0.1) is 0 Å². The van der Waals surface area contributed by atoms with Crippen LogP contribution < -0.4 is 4.73 Å². The van der Waals surface area contributed by atoms with Crippen LogP contribution in [0.5, 0.6) is 0 Å². The molecular weight excluding hydrogens is 218 g/mol. The molecule has 0 N–H and O–H groups in total. The van der Waals surface area contributed by atoms with E-state index in [1.165, 1.54) is 30.6 Å². The number of aromatic nitrogens is 1. The first-order chi connectivity index (χ1) is 8.15. The molecule has 0 radical (unpaired) electrons. The summed E-state index contributed by atoms with van der Waals surface area (Å²) < 4.78 is 5.93. The Morgan fingerprint density at radius 2 is 2.00 bits per heavy atom. The van der Waals surface area contributed by atoms with E-state index in [1.807, 2.05) is 13.0 Å². The number of allylic oxidation sites excluding steroid dienone is 1. The van der Waals surface area contributed by atoms with Crippen molar-refractivity contribution in [1.82, 2.24) is 0 Å². The van der Waals surface area contributed by atoms with E-state index in [9.17, 15) is 10.0 Å². The Bertz CT molecular complexity index is 552. The van der Waals surface area contributed by atoms with Crippen molar-refractivity contribution >= 4 is 11.9 Å². The summed E-state index contributed by atoms with van der Waals surface area (Å²) in [7, 11) is 0. The van der Waals surface area contributed by atoms with Gasteiger partial charge in [-0.25, -0.2) is 0 Å². The van der Waals surface area contributed by atoms with Gasteiger partial charge in [-0.2, -0.15) is 4.73 Å². The molecule has 0 unspecified atom stereocenters. The first kappa shape index (κ1) is 11.1. The number of aryl methyl sites for hydroxylation is 1. The molecule has 0 aromatic carbocycles. The topological polar surface area (TPSA) is 57.1 Å². The summed E-state index contributed by atoms with van der Waals surface area (Å²) in [5.41, 5.74) is 0.469. The Balaban J connectivity index is 2.11. The highest BCUT2D eigenvalue weighted by atomic mass is 16.5. The Morgan fingerprint density at radius 1 is 1.29 bits per heavy atom. The molecule has 0 aliphatic rings. The normalized spacial score (nSPS) is 10.9. The van der Waals surface area contributed by atoms with Gasteiger partial charge in [0.15, 0.2) is 18.2 Å². The lowest BCUT2D eigenvalue weighted by Gasteiger charge is -1.96. The van der Waals surface area contributed by atoms with Crippen LogP contribution in [0.15, 0.2) is 47.2 Å². The predicted molar refractivity (Wildman–Crippen MR) is 62.2 cm³/mol. The molecular formula is C13H11NO3. The van der Waals surface area contributed by atoms with Crippen LogP contribution in [0, 0.1) is 12.1 Å². The summed E-state index contributed by atoms with van der Waals surface area (Å²) in [6.07, 6.45) is 5.60. The molecule has 0 aliphatic heterocycles. The highest BCUT2D eigenvalue weighted by Gasteiger charge is 2.03. The maximum absolute atomic E-state index is 11.7. The predicted octanol–water partition coefficient (Wildman–Crippen LogP) is 2.12. The van der Waals surface area contributed by atoms with Crippen LogP contribution in [0.3, 0.4) is 0 Å². The van der Waals surface area contributed by atoms with Crippen LogP contribution in [-0.2, 0) is 0 Å². The van der Waals surface area contributed by atoms with Gasteiger partial charge >= 0.3 is 0 Å². The lowest BCUT2D eigenvalue weighted by Crippen LogP contribution is -2.24. The average Bonchev–Trinajstić information content (AvgIpc) is 2.73. The fraction of sp³-hybridized carbons (Fsp3) is 0.0769. The number of ketones is 1. The summed E-state index contributed by atoms with van der Waals surface area (Å²) in [5.74, 6) is 1.26. The minimum absolute atomic E-state index is 0.167. The fourth-order valence-corrected chi connectivity index (χ4v) is 1.37. The van der Waals surface area contributed by atoms with Gasteiger partial charge in [0.25, 0.3) is 0 Å². The van der Waals surface area contributed by atoms with Gasteiger partial charge in [0.1, 0.15) is 11.5 Å². The molecule has 0 saturated heterocycles. The number of carbonyl (C=O) groups excluding carboxylic acids is 1. The molecule has 86 valence electrons. The number of hydrogen-bond donors (Lipinski definition) is 0. The molecule has 0 atom stereocenters. The zero-order chi connectivity index (χ0) is 12.3. The van der Waals surface area contributed by atoms with Crippen LogP contribution >= 0.6 is 0 Å². The van der Waals surface area contributed by atoms with Gasteiger partial charge in [0, 0.05) is 17.7 Å². The highest BCUT2D eigenvalue weighted by Crippen LogP contribution is 2.09. The Kier molecular flexibility index (Phi) is 3.05. The van der Waals surface area contributed by atoms with Crippen molar-refractivity contribution in [3.8, 4) is 0 Å². The highest BCUT2D eigenvalue weighted by molar-refractivity contribution is 6.06. The summed E-state index contributed by atoms with van der Waals surface area (Å²) in [6.45, 7) is 1.84. The van der Waals surface area contributed by atoms with Crippen molar-refractivity contribution in [2.24, 2.45) is 0 Å². The molecule has 4 heteroatoms. The molecule has 2 aromatic rings. The number of carbonyl (C=O) groups is 1. The van der Waals surface area contributed by atoms with Crippen LogP contribution in [0.25, 0.3) is 6.08 Å². The van der Waals surface area contributed by atoms with Crippen LogP contribution in [0.4, 0.5) is 0 Å². The zero-order valence-corrected chi connectivity index (χ0v) is 9.29.